The van der Waals surface area contributed by atoms with Crippen molar-refractivity contribution in [1.29, 1.82) is 0 Å². The fourth-order valence-electron chi connectivity index (χ4n) is 5.76. The zero-order chi connectivity index (χ0) is 33.5. The van der Waals surface area contributed by atoms with E-state index in [0.29, 0.717) is 66.8 Å². The summed E-state index contributed by atoms with van der Waals surface area (Å²) in [7, 11) is 0. The Kier molecular flexibility index (Phi) is 8.23. The number of aromatic nitrogens is 4. The minimum atomic E-state index is -4.48. The number of rotatable bonds is 8. The number of benzene rings is 3. The lowest BCUT2D eigenvalue weighted by atomic mass is 10.1. The molecule has 7 rings (SSSR count). The summed E-state index contributed by atoms with van der Waals surface area (Å²) in [5.74, 6) is 2.20. The van der Waals surface area contributed by atoms with Crippen LogP contribution in [0.3, 0.4) is 0 Å². The molecule has 1 N–H and O–H groups in total. The van der Waals surface area contributed by atoms with Crippen LogP contribution < -0.4 is 19.7 Å². The molecular weight excluding hydrogens is 640 g/mol. The van der Waals surface area contributed by atoms with Gasteiger partial charge in [0.1, 0.15) is 0 Å². The molecule has 5 aromatic rings. The average Bonchev–Trinajstić information content (AvgIpc) is 3.70. The van der Waals surface area contributed by atoms with Crippen LogP contribution in [0.4, 0.5) is 38.1 Å². The van der Waals surface area contributed by atoms with Crippen molar-refractivity contribution in [3.8, 4) is 11.5 Å². The summed E-state index contributed by atoms with van der Waals surface area (Å²) >= 11 is 0. The van der Waals surface area contributed by atoms with E-state index in [1.54, 1.807) is 10.6 Å². The number of hydrogen-bond donors (Lipinski definition) is 1. The number of nitrogens with zero attached hydrogens (tertiary/aromatic N) is 6. The molecule has 9 nitrogen and oxygen atoms in total. The minimum absolute atomic E-state index is 0.0462. The summed E-state index contributed by atoms with van der Waals surface area (Å²) in [6.07, 6.45) is -7.40. The molecule has 0 atom stereocenters. The quantitative estimate of drug-likeness (QED) is 0.186. The summed E-state index contributed by atoms with van der Waals surface area (Å²) in [5.41, 5.74) is 1.43. The van der Waals surface area contributed by atoms with Crippen LogP contribution in [0.15, 0.2) is 73.1 Å². The maximum absolute atomic E-state index is 13.3. The van der Waals surface area contributed by atoms with E-state index in [9.17, 15) is 26.3 Å². The lowest BCUT2D eigenvalue weighted by Crippen LogP contribution is -2.46. The number of anilines is 2. The number of alkyl halides is 6. The van der Waals surface area contributed by atoms with Gasteiger partial charge in [-0.05, 0) is 53.1 Å². The van der Waals surface area contributed by atoms with Gasteiger partial charge in [-0.25, -0.2) is 4.98 Å². The van der Waals surface area contributed by atoms with Crippen LogP contribution in [0, 0.1) is 0 Å². The van der Waals surface area contributed by atoms with E-state index in [4.69, 9.17) is 19.4 Å². The topological polar surface area (TPSA) is 80.6 Å². The number of halogens is 6. The molecular formula is C33H29F6N7O2. The van der Waals surface area contributed by atoms with Gasteiger partial charge in [0.25, 0.3) is 0 Å². The van der Waals surface area contributed by atoms with E-state index in [-0.39, 0.29) is 19.9 Å². The monoisotopic (exact) mass is 669 g/mol. The van der Waals surface area contributed by atoms with E-state index >= 15 is 0 Å². The van der Waals surface area contributed by atoms with Crippen molar-refractivity contribution >= 4 is 22.9 Å². The maximum Gasteiger partial charge on any atom is 0.416 e. The Morgan fingerprint density at radius 1 is 0.708 bits per heavy atom. The van der Waals surface area contributed by atoms with Crippen molar-refractivity contribution in [3.63, 3.8) is 0 Å². The van der Waals surface area contributed by atoms with Crippen LogP contribution in [0.2, 0.25) is 0 Å². The third-order valence-electron chi connectivity index (χ3n) is 8.30. The van der Waals surface area contributed by atoms with Gasteiger partial charge in [0.2, 0.25) is 12.7 Å². The molecule has 0 radical (unpaired) electrons. The first-order valence-electron chi connectivity index (χ1n) is 15.1. The summed E-state index contributed by atoms with van der Waals surface area (Å²) in [5, 5.41) is 3.15. The Balaban J connectivity index is 1.13. The number of piperazine rings is 1. The molecule has 0 unspecified atom stereocenters. The van der Waals surface area contributed by atoms with Crippen LogP contribution in [0.25, 0.3) is 11.2 Å². The largest absolute Gasteiger partial charge is 0.454 e. The van der Waals surface area contributed by atoms with Gasteiger partial charge in [0.05, 0.1) is 24.0 Å². The minimum Gasteiger partial charge on any atom is -0.454 e. The molecule has 2 aliphatic rings. The molecule has 1 saturated heterocycles. The number of hydrogen-bond acceptors (Lipinski definition) is 8. The Bertz CT molecular complexity index is 1920. The van der Waals surface area contributed by atoms with Crippen molar-refractivity contribution in [2.75, 3.05) is 43.2 Å². The average molecular weight is 670 g/mol. The van der Waals surface area contributed by atoms with Crippen molar-refractivity contribution in [3.05, 3.63) is 101 Å². The molecule has 2 aromatic heterocycles. The highest BCUT2D eigenvalue weighted by atomic mass is 19.4. The first-order valence-corrected chi connectivity index (χ1v) is 15.1. The van der Waals surface area contributed by atoms with E-state index in [0.717, 1.165) is 41.3 Å². The van der Waals surface area contributed by atoms with Crippen LogP contribution in [-0.4, -0.2) is 57.4 Å². The molecule has 2 aliphatic heterocycles. The fraction of sp³-hybridized carbons (Fsp3) is 0.303. The summed E-state index contributed by atoms with van der Waals surface area (Å²) < 4.78 is 92.0. The second-order valence-corrected chi connectivity index (χ2v) is 11.6. The van der Waals surface area contributed by atoms with Crippen molar-refractivity contribution in [1.82, 2.24) is 24.4 Å². The third-order valence-corrected chi connectivity index (χ3v) is 8.30. The predicted octanol–water partition coefficient (Wildman–Crippen LogP) is 6.58. The first kappa shape index (κ1) is 31.5. The summed E-state index contributed by atoms with van der Waals surface area (Å²) in [6, 6.07) is 15.8. The lowest BCUT2D eigenvalue weighted by molar-refractivity contribution is -0.138. The van der Waals surface area contributed by atoms with Gasteiger partial charge in [-0.15, -0.1) is 0 Å². The summed E-state index contributed by atoms with van der Waals surface area (Å²) in [6.45, 7) is 3.82. The van der Waals surface area contributed by atoms with Gasteiger partial charge in [-0.1, -0.05) is 30.3 Å². The van der Waals surface area contributed by atoms with Crippen LogP contribution in [0.5, 0.6) is 11.5 Å². The predicted molar refractivity (Wildman–Crippen MR) is 165 cm³/mol. The number of nitrogens with one attached hydrogen (secondary N) is 1. The molecule has 0 aliphatic carbocycles. The van der Waals surface area contributed by atoms with Gasteiger partial charge < -0.3 is 24.3 Å². The fourth-order valence-corrected chi connectivity index (χ4v) is 5.76. The Labute approximate surface area is 270 Å². The number of fused-ring (bicyclic) bond motifs is 2. The molecule has 48 heavy (non-hydrogen) atoms. The van der Waals surface area contributed by atoms with Gasteiger partial charge in [-0.3, -0.25) is 4.90 Å². The van der Waals surface area contributed by atoms with Crippen molar-refractivity contribution in [2.45, 2.75) is 32.0 Å². The molecule has 1 fully saturated rings. The molecule has 0 amide bonds. The standard InChI is InChI=1S/C33H29F6N7O2/c34-32(35,36)24-7-4-21(5-8-24)18-46-19-41-28-29(40-16-22-2-1-3-25(14-22)33(37,38)39)42-31(43-30(28)46)45-12-10-44(11-13-45)17-23-6-9-26-27(15-23)48-20-47-26/h1-9,14-15,19H,10-13,16-18,20H2,(H,40,42,43). The Hall–Kier alpha value is -5.05. The van der Waals surface area contributed by atoms with Crippen LogP contribution in [0.1, 0.15) is 27.8 Å². The number of imidazole rings is 1. The maximum atomic E-state index is 13.3. The van der Waals surface area contributed by atoms with Gasteiger partial charge in [0.15, 0.2) is 28.5 Å². The second kappa shape index (κ2) is 12.5. The van der Waals surface area contributed by atoms with Crippen LogP contribution >= 0.6 is 0 Å². The van der Waals surface area contributed by atoms with Gasteiger partial charge >= 0.3 is 12.4 Å². The first-order chi connectivity index (χ1) is 23.0. The Morgan fingerprint density at radius 3 is 2.19 bits per heavy atom. The lowest BCUT2D eigenvalue weighted by Gasteiger charge is -2.34. The highest BCUT2D eigenvalue weighted by molar-refractivity contribution is 5.84. The van der Waals surface area contributed by atoms with Gasteiger partial charge in [-0.2, -0.15) is 36.3 Å². The molecule has 15 heteroatoms. The molecule has 3 aromatic carbocycles. The SMILES string of the molecule is FC(F)(F)c1ccc(Cn2cnc3c(NCc4cccc(C(F)(F)F)c4)nc(N4CCN(Cc5ccc6c(c5)OCO6)CC4)nc32)cc1. The van der Waals surface area contributed by atoms with E-state index in [1.807, 2.05) is 23.1 Å². The molecule has 0 bridgehead atoms. The smallest absolute Gasteiger partial charge is 0.416 e. The summed E-state index contributed by atoms with van der Waals surface area (Å²) in [4.78, 5) is 18.4. The Morgan fingerprint density at radius 2 is 1.44 bits per heavy atom. The zero-order valence-corrected chi connectivity index (χ0v) is 25.4. The molecule has 0 saturated carbocycles. The van der Waals surface area contributed by atoms with E-state index in [1.165, 1.54) is 24.5 Å². The zero-order valence-electron chi connectivity index (χ0n) is 25.4. The highest BCUT2D eigenvalue weighted by Gasteiger charge is 2.31. The normalized spacial score (nSPS) is 15.3. The van der Waals surface area contributed by atoms with Crippen molar-refractivity contribution in [2.24, 2.45) is 0 Å². The second-order valence-electron chi connectivity index (χ2n) is 11.6. The molecule has 4 heterocycles. The van der Waals surface area contributed by atoms with E-state index in [2.05, 4.69) is 15.2 Å². The third kappa shape index (κ3) is 6.81. The molecule has 250 valence electrons. The number of ether oxygens (including phenoxy) is 2. The molecule has 0 spiro atoms. The van der Waals surface area contributed by atoms with Gasteiger partial charge in [0, 0.05) is 39.3 Å². The van der Waals surface area contributed by atoms with E-state index < -0.39 is 23.5 Å². The van der Waals surface area contributed by atoms with Crippen LogP contribution in [-0.2, 0) is 32.0 Å². The highest BCUT2D eigenvalue weighted by Crippen LogP contribution is 2.34. The van der Waals surface area contributed by atoms with Crippen molar-refractivity contribution < 1.29 is 35.8 Å².